The van der Waals surface area contributed by atoms with Gasteiger partial charge >= 0.3 is 5.97 Å². The Balaban J connectivity index is 2.07. The molecule has 28 heavy (non-hydrogen) atoms. The first-order chi connectivity index (χ1) is 13.3. The summed E-state index contributed by atoms with van der Waals surface area (Å²) in [7, 11) is 1.69. The Bertz CT molecular complexity index is 954. The van der Waals surface area contributed by atoms with Crippen LogP contribution in [0.2, 0.25) is 5.02 Å². The maximum absolute atomic E-state index is 12.3. The second-order valence-corrected chi connectivity index (χ2v) is 8.84. The first kappa shape index (κ1) is 21.0. The van der Waals surface area contributed by atoms with Gasteiger partial charge in [0.25, 0.3) is 0 Å². The fourth-order valence-corrected chi connectivity index (χ4v) is 4.81. The van der Waals surface area contributed by atoms with E-state index in [2.05, 4.69) is 19.9 Å². The van der Waals surface area contributed by atoms with E-state index in [9.17, 15) is 14.7 Å². The highest BCUT2D eigenvalue weighted by Crippen LogP contribution is 2.41. The maximum Gasteiger partial charge on any atom is 0.341 e. The van der Waals surface area contributed by atoms with Crippen LogP contribution in [0, 0.1) is 5.92 Å². The minimum Gasteiger partial charge on any atom is -0.477 e. The van der Waals surface area contributed by atoms with Crippen LogP contribution in [0.4, 0.5) is 0 Å². The number of ether oxygens (including phenoxy) is 1. The van der Waals surface area contributed by atoms with E-state index in [1.807, 2.05) is 10.6 Å². The third-order valence-corrected chi connectivity index (χ3v) is 6.62. The minimum atomic E-state index is -1.20. The van der Waals surface area contributed by atoms with Crippen molar-refractivity contribution >= 4 is 29.3 Å². The van der Waals surface area contributed by atoms with Crippen molar-refractivity contribution in [3.05, 3.63) is 50.8 Å². The van der Waals surface area contributed by atoms with Gasteiger partial charge in [0.2, 0.25) is 0 Å². The van der Waals surface area contributed by atoms with Crippen molar-refractivity contribution in [3.8, 4) is 11.3 Å². The lowest BCUT2D eigenvalue weighted by Gasteiger charge is -2.33. The van der Waals surface area contributed by atoms with Crippen LogP contribution in [-0.4, -0.2) is 35.1 Å². The summed E-state index contributed by atoms with van der Waals surface area (Å²) in [5.41, 5.74) is 2.09. The Morgan fingerprint density at radius 3 is 2.79 bits per heavy atom. The summed E-state index contributed by atoms with van der Waals surface area (Å²) in [5.74, 6) is -0.00296. The standard InChI is InChI=1S/C21H24ClNO4S/c1-12(2)17-7-13-8-20(28-6-4-5-27-3)16(22)9-14(13)18-10-19(24)15(21(25)26)11-23(17)18/h8-12,17H,4-7H2,1-3H3,(H,25,26). The molecule has 3 rings (SSSR count). The molecule has 0 spiro atoms. The summed E-state index contributed by atoms with van der Waals surface area (Å²) < 4.78 is 7.03. The molecule has 2 heterocycles. The summed E-state index contributed by atoms with van der Waals surface area (Å²) >= 11 is 8.23. The van der Waals surface area contributed by atoms with E-state index in [4.69, 9.17) is 16.3 Å². The molecule has 1 atom stereocenters. The number of hydrogen-bond donors (Lipinski definition) is 1. The third-order valence-electron chi connectivity index (χ3n) is 5.05. The Kier molecular flexibility index (Phi) is 6.53. The highest BCUT2D eigenvalue weighted by Gasteiger charge is 2.28. The van der Waals surface area contributed by atoms with Gasteiger partial charge in [-0.1, -0.05) is 25.4 Å². The van der Waals surface area contributed by atoms with Crippen LogP contribution in [0.15, 0.2) is 34.1 Å². The number of thioether (sulfide) groups is 1. The number of rotatable bonds is 7. The molecule has 0 fully saturated rings. The molecule has 1 aromatic carbocycles. The molecule has 0 radical (unpaired) electrons. The van der Waals surface area contributed by atoms with Gasteiger partial charge in [-0.05, 0) is 36.5 Å². The summed E-state index contributed by atoms with van der Waals surface area (Å²) in [5, 5.41) is 9.99. The molecule has 1 N–H and O–H groups in total. The molecule has 1 aromatic heterocycles. The van der Waals surface area contributed by atoms with Crippen LogP contribution in [0.25, 0.3) is 11.3 Å². The van der Waals surface area contributed by atoms with E-state index in [1.54, 1.807) is 18.9 Å². The van der Waals surface area contributed by atoms with E-state index < -0.39 is 11.4 Å². The first-order valence-corrected chi connectivity index (χ1v) is 10.6. The topological polar surface area (TPSA) is 68.5 Å². The molecule has 0 saturated heterocycles. The van der Waals surface area contributed by atoms with E-state index in [0.717, 1.165) is 40.3 Å². The fraction of sp³-hybridized carbons (Fsp3) is 0.429. The lowest BCUT2D eigenvalue weighted by atomic mass is 9.87. The van der Waals surface area contributed by atoms with Gasteiger partial charge in [-0.25, -0.2) is 4.79 Å². The number of pyridine rings is 1. The van der Waals surface area contributed by atoms with Crippen LogP contribution in [0.5, 0.6) is 0 Å². The Morgan fingerprint density at radius 2 is 2.14 bits per heavy atom. The number of carbonyl (C=O) groups is 1. The number of halogens is 1. The van der Waals surface area contributed by atoms with Crippen LogP contribution < -0.4 is 5.43 Å². The number of aromatic nitrogens is 1. The number of methoxy groups -OCH3 is 1. The normalized spacial score (nSPS) is 15.4. The number of hydrogen-bond acceptors (Lipinski definition) is 4. The smallest absolute Gasteiger partial charge is 0.341 e. The first-order valence-electron chi connectivity index (χ1n) is 9.27. The quantitative estimate of drug-likeness (QED) is 0.516. The van der Waals surface area contributed by atoms with Crippen molar-refractivity contribution in [2.45, 2.75) is 37.6 Å². The molecule has 0 saturated carbocycles. The Hall–Kier alpha value is -1.76. The third kappa shape index (κ3) is 4.14. The van der Waals surface area contributed by atoms with Crippen LogP contribution in [0.1, 0.15) is 42.2 Å². The predicted octanol–water partition coefficient (Wildman–Crippen LogP) is 4.75. The van der Waals surface area contributed by atoms with Gasteiger partial charge in [-0.15, -0.1) is 11.8 Å². The van der Waals surface area contributed by atoms with Crippen molar-refractivity contribution in [1.82, 2.24) is 4.57 Å². The number of fused-ring (bicyclic) bond motifs is 3. The number of nitrogens with zero attached hydrogens (tertiary/aromatic N) is 1. The zero-order valence-electron chi connectivity index (χ0n) is 16.2. The van der Waals surface area contributed by atoms with Gasteiger partial charge < -0.3 is 14.4 Å². The van der Waals surface area contributed by atoms with Gasteiger partial charge in [0.05, 0.1) is 10.7 Å². The Morgan fingerprint density at radius 1 is 1.39 bits per heavy atom. The van der Waals surface area contributed by atoms with Crippen molar-refractivity contribution < 1.29 is 14.6 Å². The molecule has 0 amide bonds. The van der Waals surface area contributed by atoms with Crippen LogP contribution >= 0.6 is 23.4 Å². The zero-order valence-corrected chi connectivity index (χ0v) is 17.8. The lowest BCUT2D eigenvalue weighted by Crippen LogP contribution is -2.28. The average molecular weight is 422 g/mol. The van der Waals surface area contributed by atoms with E-state index in [0.29, 0.717) is 11.6 Å². The van der Waals surface area contributed by atoms with E-state index >= 15 is 0 Å². The molecule has 1 aliphatic heterocycles. The second-order valence-electron chi connectivity index (χ2n) is 7.30. The van der Waals surface area contributed by atoms with Crippen molar-refractivity contribution in [1.29, 1.82) is 0 Å². The van der Waals surface area contributed by atoms with Gasteiger partial charge in [-0.3, -0.25) is 4.79 Å². The van der Waals surface area contributed by atoms with Gasteiger partial charge in [-0.2, -0.15) is 0 Å². The minimum absolute atomic E-state index is 0.0775. The molecule has 5 nitrogen and oxygen atoms in total. The van der Waals surface area contributed by atoms with Crippen LogP contribution in [-0.2, 0) is 11.2 Å². The SMILES string of the molecule is COCCCSc1cc2c(cc1Cl)-c1cc(=O)c(C(=O)O)cn1C(C(C)C)C2. The fourth-order valence-electron chi connectivity index (χ4n) is 3.58. The molecule has 1 unspecified atom stereocenters. The highest BCUT2D eigenvalue weighted by molar-refractivity contribution is 7.99. The van der Waals surface area contributed by atoms with Crippen molar-refractivity contribution in [2.75, 3.05) is 19.5 Å². The maximum atomic E-state index is 12.3. The number of carboxylic acid groups (broad SMARTS) is 1. The van der Waals surface area contributed by atoms with Gasteiger partial charge in [0, 0.05) is 48.2 Å². The van der Waals surface area contributed by atoms with Gasteiger partial charge in [0.1, 0.15) is 5.56 Å². The number of benzene rings is 1. The molecular formula is C21H24ClNO4S. The largest absolute Gasteiger partial charge is 0.477 e. The summed E-state index contributed by atoms with van der Waals surface area (Å²) in [4.78, 5) is 24.8. The lowest BCUT2D eigenvalue weighted by molar-refractivity contribution is 0.0694. The predicted molar refractivity (Wildman–Crippen MR) is 113 cm³/mol. The summed E-state index contributed by atoms with van der Waals surface area (Å²) in [6, 6.07) is 5.52. The molecule has 0 aliphatic carbocycles. The monoisotopic (exact) mass is 421 g/mol. The van der Waals surface area contributed by atoms with Crippen molar-refractivity contribution in [2.24, 2.45) is 5.92 Å². The molecule has 1 aliphatic rings. The number of carboxylic acids is 1. The molecule has 2 aromatic rings. The Labute approximate surface area is 173 Å². The molecule has 0 bridgehead atoms. The van der Waals surface area contributed by atoms with E-state index in [-0.39, 0.29) is 17.5 Å². The molecule has 7 heteroatoms. The van der Waals surface area contributed by atoms with Gasteiger partial charge in [0.15, 0.2) is 5.43 Å². The highest BCUT2D eigenvalue weighted by atomic mass is 35.5. The van der Waals surface area contributed by atoms with Crippen molar-refractivity contribution in [3.63, 3.8) is 0 Å². The number of aromatic carboxylic acids is 1. The van der Waals surface area contributed by atoms with E-state index in [1.165, 1.54) is 12.3 Å². The second kappa shape index (κ2) is 8.72. The van der Waals surface area contributed by atoms with Crippen LogP contribution in [0.3, 0.4) is 0 Å². The summed E-state index contributed by atoms with van der Waals surface area (Å²) in [6.45, 7) is 4.93. The molecular weight excluding hydrogens is 398 g/mol. The average Bonchev–Trinajstić information content (AvgIpc) is 2.64. The molecule has 150 valence electrons. The summed E-state index contributed by atoms with van der Waals surface area (Å²) in [6.07, 6.45) is 3.19. The zero-order chi connectivity index (χ0) is 20.4.